The molecule has 1 aromatic carbocycles. The minimum atomic E-state index is -0.287. The van der Waals surface area contributed by atoms with Crippen molar-refractivity contribution in [3.8, 4) is 0 Å². The molecule has 1 rings (SSSR count). The summed E-state index contributed by atoms with van der Waals surface area (Å²) in [6.07, 6.45) is 4.91. The molecule has 0 aliphatic rings. The number of carbonyl (C=O) groups is 2. The van der Waals surface area contributed by atoms with Crippen molar-refractivity contribution in [1.29, 1.82) is 0 Å². The quantitative estimate of drug-likeness (QED) is 0.144. The third-order valence-electron chi connectivity index (χ3n) is 3.98. The standard InChI is InChI=1S/C18H30N2O4P2.2C2H6/c1-23-24-12-16(10-14-6-3-4-7-15(14)11-21)20-18(22)17(19-13-25)8-5-9-26-2;2*1-2/h3-4,6-7,11,16-17,19,26H,5,8-10,12-13,25H2,1-2H3,(H,20,22);2*1-2H3. The maximum Gasteiger partial charge on any atom is 0.237 e. The normalized spacial score (nSPS) is 12.2. The largest absolute Gasteiger partial charge is 0.349 e. The fourth-order valence-corrected chi connectivity index (χ4v) is 3.50. The second-order valence-corrected chi connectivity index (χ2v) is 7.50. The summed E-state index contributed by atoms with van der Waals surface area (Å²) >= 11 is 0. The van der Waals surface area contributed by atoms with Gasteiger partial charge < -0.3 is 10.6 Å². The van der Waals surface area contributed by atoms with E-state index >= 15 is 0 Å². The van der Waals surface area contributed by atoms with Crippen LogP contribution in [0.4, 0.5) is 0 Å². The summed E-state index contributed by atoms with van der Waals surface area (Å²) in [6, 6.07) is 6.82. The number of benzene rings is 1. The van der Waals surface area contributed by atoms with Crippen molar-refractivity contribution in [2.75, 3.05) is 32.8 Å². The van der Waals surface area contributed by atoms with Crippen LogP contribution in [0.3, 0.4) is 0 Å². The Morgan fingerprint density at radius 2 is 1.90 bits per heavy atom. The molecule has 2 N–H and O–H groups in total. The Kier molecular flexibility index (Phi) is 23.8. The highest BCUT2D eigenvalue weighted by atomic mass is 31.1. The zero-order valence-electron chi connectivity index (χ0n) is 19.5. The van der Waals surface area contributed by atoms with Crippen LogP contribution >= 0.6 is 17.8 Å². The fourth-order valence-electron chi connectivity index (χ4n) is 2.66. The van der Waals surface area contributed by atoms with Crippen LogP contribution in [0.1, 0.15) is 56.5 Å². The molecular weight excluding hydrogens is 418 g/mol. The van der Waals surface area contributed by atoms with Crippen LogP contribution in [0.2, 0.25) is 0 Å². The van der Waals surface area contributed by atoms with Gasteiger partial charge in [-0.1, -0.05) is 52.0 Å². The van der Waals surface area contributed by atoms with Gasteiger partial charge in [-0.05, 0) is 37.7 Å². The van der Waals surface area contributed by atoms with Gasteiger partial charge in [0.2, 0.25) is 5.91 Å². The monoisotopic (exact) mass is 460 g/mol. The molecule has 0 heterocycles. The summed E-state index contributed by atoms with van der Waals surface area (Å²) < 4.78 is 0. The number of amides is 1. The molecule has 174 valence electrons. The fraction of sp³-hybridized carbons (Fsp3) is 0.636. The lowest BCUT2D eigenvalue weighted by molar-refractivity contribution is -0.275. The maximum absolute atomic E-state index is 12.7. The van der Waals surface area contributed by atoms with Gasteiger partial charge in [0.15, 0.2) is 0 Å². The number of carbonyl (C=O) groups excluding carboxylic acids is 2. The number of rotatable bonds is 14. The number of nitrogens with one attached hydrogen (secondary N) is 2. The Morgan fingerprint density at radius 1 is 1.23 bits per heavy atom. The second-order valence-electron chi connectivity index (χ2n) is 5.88. The highest BCUT2D eigenvalue weighted by Gasteiger charge is 2.21. The van der Waals surface area contributed by atoms with Gasteiger partial charge in [0.1, 0.15) is 12.9 Å². The first-order chi connectivity index (χ1) is 14.7. The van der Waals surface area contributed by atoms with Crippen LogP contribution in [0.25, 0.3) is 0 Å². The molecule has 1 aromatic rings. The average Bonchev–Trinajstić information content (AvgIpc) is 2.80. The molecule has 0 spiro atoms. The lowest BCUT2D eigenvalue weighted by atomic mass is 10.0. The van der Waals surface area contributed by atoms with E-state index in [9.17, 15) is 9.59 Å². The third-order valence-corrected chi connectivity index (χ3v) is 5.07. The Morgan fingerprint density at radius 3 is 2.47 bits per heavy atom. The first-order valence-corrected chi connectivity index (χ1v) is 13.3. The smallest absolute Gasteiger partial charge is 0.237 e. The number of hydrogen-bond acceptors (Lipinski definition) is 5. The molecule has 4 atom stereocenters. The molecule has 8 heteroatoms. The predicted molar refractivity (Wildman–Crippen MR) is 133 cm³/mol. The summed E-state index contributed by atoms with van der Waals surface area (Å²) in [6.45, 7) is 10.4. The van der Waals surface area contributed by atoms with E-state index in [0.717, 1.165) is 39.4 Å². The molecule has 0 aliphatic heterocycles. The molecule has 1 amide bonds. The highest BCUT2D eigenvalue weighted by molar-refractivity contribution is 7.36. The van der Waals surface area contributed by atoms with Gasteiger partial charge in [-0.15, -0.1) is 17.8 Å². The number of hydrogen-bond donors (Lipinski definition) is 2. The van der Waals surface area contributed by atoms with Gasteiger partial charge in [-0.2, -0.15) is 0 Å². The van der Waals surface area contributed by atoms with Crippen molar-refractivity contribution >= 4 is 30.0 Å². The van der Waals surface area contributed by atoms with Crippen LogP contribution in [0.5, 0.6) is 0 Å². The maximum atomic E-state index is 12.7. The van der Waals surface area contributed by atoms with E-state index in [4.69, 9.17) is 9.78 Å². The van der Waals surface area contributed by atoms with Crippen molar-refractivity contribution < 1.29 is 19.4 Å². The molecule has 0 saturated carbocycles. The lowest BCUT2D eigenvalue weighted by Gasteiger charge is -2.23. The van der Waals surface area contributed by atoms with E-state index in [0.29, 0.717) is 18.3 Å². The van der Waals surface area contributed by atoms with Gasteiger partial charge in [0, 0.05) is 11.8 Å². The second kappa shape index (κ2) is 22.8. The van der Waals surface area contributed by atoms with Gasteiger partial charge >= 0.3 is 0 Å². The van der Waals surface area contributed by atoms with E-state index in [-0.39, 0.29) is 24.6 Å². The molecule has 0 aliphatic carbocycles. The summed E-state index contributed by atoms with van der Waals surface area (Å²) in [5.41, 5.74) is 1.49. The van der Waals surface area contributed by atoms with E-state index in [1.54, 1.807) is 6.07 Å². The Labute approximate surface area is 187 Å². The van der Waals surface area contributed by atoms with Gasteiger partial charge in [-0.3, -0.25) is 9.59 Å². The van der Waals surface area contributed by atoms with Gasteiger partial charge in [-0.25, -0.2) is 9.78 Å². The zero-order valence-corrected chi connectivity index (χ0v) is 21.6. The van der Waals surface area contributed by atoms with Crippen molar-refractivity contribution in [2.24, 2.45) is 0 Å². The molecule has 30 heavy (non-hydrogen) atoms. The molecule has 0 saturated heterocycles. The van der Waals surface area contributed by atoms with Crippen LogP contribution < -0.4 is 10.6 Å². The molecule has 6 nitrogen and oxygen atoms in total. The van der Waals surface area contributed by atoms with Gasteiger partial charge in [0.25, 0.3) is 0 Å². The molecule has 0 aromatic heterocycles. The summed E-state index contributed by atoms with van der Waals surface area (Å²) in [7, 11) is 4.92. The van der Waals surface area contributed by atoms with E-state index < -0.39 is 0 Å². The molecule has 4 unspecified atom stereocenters. The van der Waals surface area contributed by atoms with Crippen LogP contribution in [0.15, 0.2) is 24.3 Å². The minimum Gasteiger partial charge on any atom is -0.349 e. The highest BCUT2D eigenvalue weighted by Crippen LogP contribution is 2.12. The number of aldehydes is 1. The van der Waals surface area contributed by atoms with Crippen LogP contribution in [-0.4, -0.2) is 57.1 Å². The van der Waals surface area contributed by atoms with Crippen LogP contribution in [-0.2, 0) is 21.0 Å². The van der Waals surface area contributed by atoms with Gasteiger partial charge in [0.05, 0.1) is 19.2 Å². The third kappa shape index (κ3) is 14.2. The first kappa shape index (κ1) is 31.3. The molecule has 0 radical (unpaired) electrons. The van der Waals surface area contributed by atoms with Crippen molar-refractivity contribution in [2.45, 2.75) is 59.0 Å². The molecular formula is C22H42N2O4P2. The van der Waals surface area contributed by atoms with E-state index in [2.05, 4.69) is 26.5 Å². The zero-order chi connectivity index (χ0) is 23.2. The van der Waals surface area contributed by atoms with E-state index in [1.165, 1.54) is 7.11 Å². The Bertz CT molecular complexity index is 548. The SMILES string of the molecule is CC.CC.COOCC(Cc1ccccc1C=O)NC(=O)C(CCCPC)NCP. The summed E-state index contributed by atoms with van der Waals surface area (Å²) in [5, 5.41) is 6.25. The molecule has 0 fully saturated rings. The Balaban J connectivity index is 0. The summed E-state index contributed by atoms with van der Waals surface area (Å²) in [4.78, 5) is 33.7. The van der Waals surface area contributed by atoms with Crippen molar-refractivity contribution in [3.63, 3.8) is 0 Å². The minimum absolute atomic E-state index is 0.0554. The van der Waals surface area contributed by atoms with E-state index in [1.807, 2.05) is 45.9 Å². The van der Waals surface area contributed by atoms with Crippen LogP contribution in [0, 0.1) is 0 Å². The average molecular weight is 461 g/mol. The Hall–Kier alpha value is -0.900. The van der Waals surface area contributed by atoms with Crippen molar-refractivity contribution in [1.82, 2.24) is 10.6 Å². The topological polar surface area (TPSA) is 76.7 Å². The lowest BCUT2D eigenvalue weighted by Crippen LogP contribution is -2.49. The first-order valence-electron chi connectivity index (χ1n) is 10.7. The van der Waals surface area contributed by atoms with Crippen molar-refractivity contribution in [3.05, 3.63) is 35.4 Å². The molecule has 0 bridgehead atoms. The summed E-state index contributed by atoms with van der Waals surface area (Å²) in [5.74, 6) is -0.0554. The predicted octanol–water partition coefficient (Wildman–Crippen LogP) is 4.04.